The van der Waals surface area contributed by atoms with Gasteiger partial charge in [0.1, 0.15) is 5.01 Å². The second kappa shape index (κ2) is 8.66. The van der Waals surface area contributed by atoms with E-state index in [2.05, 4.69) is 36.5 Å². The van der Waals surface area contributed by atoms with Crippen molar-refractivity contribution in [3.8, 4) is 0 Å². The maximum atomic E-state index is 12.3. The predicted molar refractivity (Wildman–Crippen MR) is 93.0 cm³/mol. The molecule has 4 heteroatoms. The van der Waals surface area contributed by atoms with Crippen LogP contribution in [0.3, 0.4) is 0 Å². The Bertz CT molecular complexity index is 461. The lowest BCUT2D eigenvalue weighted by Crippen LogP contribution is -2.32. The number of unbranched alkanes of at least 4 members (excludes halogenated alkanes) is 1. The van der Waals surface area contributed by atoms with E-state index in [-0.39, 0.29) is 11.8 Å². The molecule has 1 saturated carbocycles. The van der Waals surface area contributed by atoms with Gasteiger partial charge in [-0.3, -0.25) is 4.79 Å². The van der Waals surface area contributed by atoms with Crippen molar-refractivity contribution in [3.05, 3.63) is 16.1 Å². The molecule has 1 aliphatic rings. The maximum absolute atomic E-state index is 12.3. The van der Waals surface area contributed by atoms with Crippen LogP contribution in [0.15, 0.2) is 5.38 Å². The van der Waals surface area contributed by atoms with Crippen LogP contribution in [0.2, 0.25) is 0 Å². The van der Waals surface area contributed by atoms with E-state index in [1.54, 1.807) is 11.3 Å². The Balaban J connectivity index is 1.71. The van der Waals surface area contributed by atoms with Crippen LogP contribution in [0.4, 0.5) is 0 Å². The highest BCUT2D eigenvalue weighted by atomic mass is 32.1. The van der Waals surface area contributed by atoms with Crippen molar-refractivity contribution in [2.45, 2.75) is 78.2 Å². The Morgan fingerprint density at radius 2 is 2.09 bits per heavy atom. The summed E-state index contributed by atoms with van der Waals surface area (Å²) in [5.74, 6) is 1.77. The van der Waals surface area contributed by atoms with Gasteiger partial charge in [0, 0.05) is 11.3 Å². The van der Waals surface area contributed by atoms with Crippen LogP contribution in [0.5, 0.6) is 0 Å². The van der Waals surface area contributed by atoms with E-state index in [1.165, 1.54) is 32.1 Å². The molecule has 1 amide bonds. The Hall–Kier alpha value is -0.900. The molecule has 0 unspecified atom stereocenters. The lowest BCUT2D eigenvalue weighted by Gasteiger charge is -2.27. The van der Waals surface area contributed by atoms with Crippen LogP contribution >= 0.6 is 11.3 Å². The molecule has 1 N–H and O–H groups in total. The van der Waals surface area contributed by atoms with E-state index >= 15 is 0 Å². The van der Waals surface area contributed by atoms with Gasteiger partial charge in [0.15, 0.2) is 0 Å². The normalized spacial score (nSPS) is 22.0. The van der Waals surface area contributed by atoms with Crippen molar-refractivity contribution < 1.29 is 4.79 Å². The van der Waals surface area contributed by atoms with E-state index in [9.17, 15) is 4.79 Å². The molecule has 3 nitrogen and oxygen atoms in total. The number of carbonyl (C=O) groups excluding carboxylic acids is 1. The molecular formula is C18H30N2OS. The largest absolute Gasteiger partial charge is 0.349 e. The quantitative estimate of drug-likeness (QED) is 0.777. The molecule has 0 saturated heterocycles. The van der Waals surface area contributed by atoms with Gasteiger partial charge in [0.2, 0.25) is 5.91 Å². The number of amides is 1. The van der Waals surface area contributed by atoms with Crippen LogP contribution < -0.4 is 5.32 Å². The number of nitrogens with one attached hydrogen (secondary N) is 1. The van der Waals surface area contributed by atoms with Gasteiger partial charge in [0.25, 0.3) is 0 Å². The summed E-state index contributed by atoms with van der Waals surface area (Å²) in [6, 6.07) is 0. The minimum absolute atomic E-state index is 0.224. The van der Waals surface area contributed by atoms with Crippen molar-refractivity contribution in [1.29, 1.82) is 0 Å². The van der Waals surface area contributed by atoms with Gasteiger partial charge in [-0.15, -0.1) is 11.3 Å². The second-order valence-electron chi connectivity index (χ2n) is 6.90. The fourth-order valence-corrected chi connectivity index (χ4v) is 4.08. The van der Waals surface area contributed by atoms with Gasteiger partial charge < -0.3 is 5.32 Å². The van der Waals surface area contributed by atoms with E-state index < -0.39 is 0 Å². The molecule has 0 radical (unpaired) electrons. The average molecular weight is 323 g/mol. The van der Waals surface area contributed by atoms with Gasteiger partial charge in [-0.1, -0.05) is 40.0 Å². The topological polar surface area (TPSA) is 42.0 Å². The fraction of sp³-hybridized carbons (Fsp3) is 0.778. The van der Waals surface area contributed by atoms with Crippen molar-refractivity contribution in [2.24, 2.45) is 11.8 Å². The summed E-state index contributed by atoms with van der Waals surface area (Å²) in [6.07, 6.45) is 8.56. The summed E-state index contributed by atoms with van der Waals surface area (Å²) in [5.41, 5.74) is 1.13. The molecule has 22 heavy (non-hydrogen) atoms. The monoisotopic (exact) mass is 322 g/mol. The smallest absolute Gasteiger partial charge is 0.223 e. The summed E-state index contributed by atoms with van der Waals surface area (Å²) in [4.78, 5) is 16.9. The van der Waals surface area contributed by atoms with Crippen molar-refractivity contribution in [3.63, 3.8) is 0 Å². The Morgan fingerprint density at radius 1 is 1.36 bits per heavy atom. The highest BCUT2D eigenvalue weighted by molar-refractivity contribution is 7.09. The lowest BCUT2D eigenvalue weighted by molar-refractivity contribution is -0.126. The number of carbonyl (C=O) groups is 1. The molecule has 0 aromatic carbocycles. The van der Waals surface area contributed by atoms with Crippen LogP contribution in [-0.2, 0) is 11.3 Å². The first-order valence-corrected chi connectivity index (χ1v) is 9.70. The van der Waals surface area contributed by atoms with Gasteiger partial charge in [0.05, 0.1) is 12.2 Å². The van der Waals surface area contributed by atoms with E-state index in [4.69, 9.17) is 0 Å². The molecule has 124 valence electrons. The number of hydrogen-bond donors (Lipinski definition) is 1. The predicted octanol–water partition coefficient (Wildman–Crippen LogP) is 4.88. The third-order valence-corrected chi connectivity index (χ3v) is 5.63. The minimum Gasteiger partial charge on any atom is -0.349 e. The first-order chi connectivity index (χ1) is 10.6. The number of hydrogen-bond acceptors (Lipinski definition) is 3. The van der Waals surface area contributed by atoms with E-state index in [0.717, 1.165) is 29.5 Å². The molecule has 0 aliphatic heterocycles. The zero-order chi connectivity index (χ0) is 15.9. The Morgan fingerprint density at radius 3 is 2.68 bits per heavy atom. The maximum Gasteiger partial charge on any atom is 0.223 e. The van der Waals surface area contributed by atoms with Crippen LogP contribution in [-0.4, -0.2) is 10.9 Å². The minimum atomic E-state index is 0.224. The van der Waals surface area contributed by atoms with Crippen molar-refractivity contribution >= 4 is 17.2 Å². The summed E-state index contributed by atoms with van der Waals surface area (Å²) in [7, 11) is 0. The number of nitrogens with zero attached hydrogens (tertiary/aromatic N) is 1. The third-order valence-electron chi connectivity index (χ3n) is 4.76. The molecule has 0 bridgehead atoms. The number of thiazole rings is 1. The summed E-state index contributed by atoms with van der Waals surface area (Å²) in [5, 5.41) is 6.21. The van der Waals surface area contributed by atoms with Gasteiger partial charge in [-0.25, -0.2) is 4.98 Å². The molecule has 0 atom stereocenters. The summed E-state index contributed by atoms with van der Waals surface area (Å²) < 4.78 is 0. The van der Waals surface area contributed by atoms with Gasteiger partial charge >= 0.3 is 0 Å². The third kappa shape index (κ3) is 5.08. The molecular weight excluding hydrogens is 292 g/mol. The number of rotatable bonds is 7. The Labute approximate surface area is 138 Å². The van der Waals surface area contributed by atoms with Crippen LogP contribution in [0.1, 0.15) is 82.3 Å². The summed E-state index contributed by atoms with van der Waals surface area (Å²) >= 11 is 1.65. The first kappa shape index (κ1) is 17.5. The molecule has 2 rings (SSSR count). The standard InChI is InChI=1S/C18H30N2OS/c1-4-5-6-14-7-9-15(10-8-14)18(21)19-11-17-20-16(12-22-17)13(2)3/h12-15H,4-11H2,1-3H3,(H,19,21). The molecule has 0 spiro atoms. The zero-order valence-electron chi connectivity index (χ0n) is 14.2. The first-order valence-electron chi connectivity index (χ1n) is 8.82. The molecule has 1 aromatic heterocycles. The van der Waals surface area contributed by atoms with E-state index in [0.29, 0.717) is 12.5 Å². The van der Waals surface area contributed by atoms with Crippen molar-refractivity contribution in [1.82, 2.24) is 10.3 Å². The highest BCUT2D eigenvalue weighted by Gasteiger charge is 2.25. The molecule has 1 aromatic rings. The SMILES string of the molecule is CCCCC1CCC(C(=O)NCc2nc(C(C)C)cs2)CC1. The number of aromatic nitrogens is 1. The van der Waals surface area contributed by atoms with Gasteiger partial charge in [-0.2, -0.15) is 0 Å². The zero-order valence-corrected chi connectivity index (χ0v) is 15.0. The second-order valence-corrected chi connectivity index (χ2v) is 7.84. The fourth-order valence-electron chi connectivity index (χ4n) is 3.18. The molecule has 1 fully saturated rings. The average Bonchev–Trinajstić information content (AvgIpc) is 3.00. The lowest BCUT2D eigenvalue weighted by atomic mass is 9.79. The summed E-state index contributed by atoms with van der Waals surface area (Å²) in [6.45, 7) is 7.14. The van der Waals surface area contributed by atoms with E-state index in [1.807, 2.05) is 0 Å². The van der Waals surface area contributed by atoms with Gasteiger partial charge in [-0.05, 0) is 37.5 Å². The molecule has 1 aliphatic carbocycles. The highest BCUT2D eigenvalue weighted by Crippen LogP contribution is 2.32. The van der Waals surface area contributed by atoms with Crippen molar-refractivity contribution in [2.75, 3.05) is 0 Å². The van der Waals surface area contributed by atoms with Crippen LogP contribution in [0, 0.1) is 11.8 Å². The van der Waals surface area contributed by atoms with Crippen LogP contribution in [0.25, 0.3) is 0 Å². The molecule has 1 heterocycles. The Kier molecular flexibility index (Phi) is 6.87.